The van der Waals surface area contributed by atoms with Gasteiger partial charge in [0, 0.05) is 6.04 Å². The highest BCUT2D eigenvalue weighted by Gasteiger charge is 2.28. The Bertz CT molecular complexity index is 385. The van der Waals surface area contributed by atoms with Crippen LogP contribution in [0.4, 0.5) is 4.39 Å². The fourth-order valence-electron chi connectivity index (χ4n) is 2.13. The maximum Gasteiger partial charge on any atom is 0.126 e. The van der Waals surface area contributed by atoms with Crippen LogP contribution in [0.1, 0.15) is 57.7 Å². The summed E-state index contributed by atoms with van der Waals surface area (Å²) in [5, 5.41) is 3.56. The normalized spacial score (nSPS) is 13.7. The van der Waals surface area contributed by atoms with Crippen LogP contribution in [0.25, 0.3) is 0 Å². The van der Waals surface area contributed by atoms with E-state index in [1.165, 1.54) is 0 Å². The molecule has 0 saturated heterocycles. The standard InChI is InChI=1S/C16H26FN/c1-6-10-18-15(16(4,5)7-2)13-9-8-12(3)14(17)11-13/h8-9,11,15,18H,6-7,10H2,1-5H3. The third-order valence-corrected chi connectivity index (χ3v) is 3.82. The van der Waals surface area contributed by atoms with Crippen molar-refractivity contribution in [1.82, 2.24) is 5.32 Å². The molecule has 1 N–H and O–H groups in total. The van der Waals surface area contributed by atoms with E-state index in [9.17, 15) is 4.39 Å². The molecule has 102 valence electrons. The first-order valence-electron chi connectivity index (χ1n) is 6.91. The second-order valence-corrected chi connectivity index (χ2v) is 5.74. The van der Waals surface area contributed by atoms with E-state index in [0.717, 1.165) is 24.9 Å². The van der Waals surface area contributed by atoms with Crippen molar-refractivity contribution in [1.29, 1.82) is 0 Å². The van der Waals surface area contributed by atoms with Gasteiger partial charge in [-0.1, -0.05) is 39.8 Å². The molecular formula is C16H26FN. The predicted octanol–water partition coefficient (Wildman–Crippen LogP) is 4.61. The van der Waals surface area contributed by atoms with Gasteiger partial charge in [-0.3, -0.25) is 0 Å². The summed E-state index contributed by atoms with van der Waals surface area (Å²) in [5.41, 5.74) is 1.89. The fourth-order valence-corrected chi connectivity index (χ4v) is 2.13. The zero-order chi connectivity index (χ0) is 13.8. The van der Waals surface area contributed by atoms with E-state index in [-0.39, 0.29) is 17.3 Å². The maximum absolute atomic E-state index is 13.7. The number of rotatable bonds is 6. The zero-order valence-corrected chi connectivity index (χ0v) is 12.3. The van der Waals surface area contributed by atoms with Crippen LogP contribution in [0.5, 0.6) is 0 Å². The van der Waals surface area contributed by atoms with Gasteiger partial charge in [0.1, 0.15) is 5.82 Å². The van der Waals surface area contributed by atoms with Crippen molar-refractivity contribution >= 4 is 0 Å². The number of hydrogen-bond acceptors (Lipinski definition) is 1. The molecule has 0 radical (unpaired) electrons. The Labute approximate surface area is 111 Å². The molecule has 1 aromatic rings. The predicted molar refractivity (Wildman–Crippen MR) is 76.2 cm³/mol. The van der Waals surface area contributed by atoms with Gasteiger partial charge in [0.2, 0.25) is 0 Å². The van der Waals surface area contributed by atoms with Crippen LogP contribution in [0.3, 0.4) is 0 Å². The molecule has 0 bridgehead atoms. The molecule has 0 fully saturated rings. The Morgan fingerprint density at radius 3 is 2.44 bits per heavy atom. The number of nitrogens with one attached hydrogen (secondary N) is 1. The number of benzene rings is 1. The second kappa shape index (κ2) is 6.33. The summed E-state index contributed by atoms with van der Waals surface area (Å²) in [7, 11) is 0. The summed E-state index contributed by atoms with van der Waals surface area (Å²) in [6.45, 7) is 11.6. The van der Waals surface area contributed by atoms with Crippen molar-refractivity contribution in [2.45, 2.75) is 53.5 Å². The SMILES string of the molecule is CCCNC(c1ccc(C)c(F)c1)C(C)(C)CC. The quantitative estimate of drug-likeness (QED) is 0.778. The van der Waals surface area contributed by atoms with Crippen LogP contribution < -0.4 is 5.32 Å². The minimum Gasteiger partial charge on any atom is -0.309 e. The van der Waals surface area contributed by atoms with Crippen molar-refractivity contribution in [3.8, 4) is 0 Å². The zero-order valence-electron chi connectivity index (χ0n) is 12.3. The van der Waals surface area contributed by atoms with E-state index in [4.69, 9.17) is 0 Å². The molecule has 0 heterocycles. The number of hydrogen-bond donors (Lipinski definition) is 1. The maximum atomic E-state index is 13.7. The van der Waals surface area contributed by atoms with E-state index in [2.05, 4.69) is 33.0 Å². The van der Waals surface area contributed by atoms with E-state index in [1.807, 2.05) is 12.1 Å². The van der Waals surface area contributed by atoms with Crippen LogP contribution in [0, 0.1) is 18.2 Å². The lowest BCUT2D eigenvalue weighted by molar-refractivity contribution is 0.234. The fraction of sp³-hybridized carbons (Fsp3) is 0.625. The lowest BCUT2D eigenvalue weighted by atomic mass is 9.78. The molecule has 1 rings (SSSR count). The molecule has 0 aliphatic carbocycles. The van der Waals surface area contributed by atoms with E-state index in [1.54, 1.807) is 13.0 Å². The summed E-state index contributed by atoms with van der Waals surface area (Å²) in [6, 6.07) is 5.80. The molecule has 1 nitrogen and oxygen atoms in total. The highest BCUT2D eigenvalue weighted by atomic mass is 19.1. The monoisotopic (exact) mass is 251 g/mol. The molecule has 18 heavy (non-hydrogen) atoms. The highest BCUT2D eigenvalue weighted by Crippen LogP contribution is 2.36. The van der Waals surface area contributed by atoms with Gasteiger partial charge in [0.05, 0.1) is 0 Å². The van der Waals surface area contributed by atoms with Gasteiger partial charge in [-0.2, -0.15) is 0 Å². The average molecular weight is 251 g/mol. The van der Waals surface area contributed by atoms with Crippen molar-refractivity contribution in [2.75, 3.05) is 6.54 Å². The largest absolute Gasteiger partial charge is 0.309 e. The van der Waals surface area contributed by atoms with Gasteiger partial charge < -0.3 is 5.32 Å². The average Bonchev–Trinajstić information content (AvgIpc) is 2.34. The number of aryl methyl sites for hydroxylation is 1. The molecule has 1 atom stereocenters. The van der Waals surface area contributed by atoms with Crippen molar-refractivity contribution < 1.29 is 4.39 Å². The molecule has 2 heteroatoms. The summed E-state index contributed by atoms with van der Waals surface area (Å²) in [5.74, 6) is -0.109. The Kier molecular flexibility index (Phi) is 5.33. The van der Waals surface area contributed by atoms with Gasteiger partial charge in [-0.15, -0.1) is 0 Å². The smallest absolute Gasteiger partial charge is 0.126 e. The minimum absolute atomic E-state index is 0.109. The molecule has 1 aromatic carbocycles. The summed E-state index contributed by atoms with van der Waals surface area (Å²) < 4.78 is 13.7. The third-order valence-electron chi connectivity index (χ3n) is 3.82. The second-order valence-electron chi connectivity index (χ2n) is 5.74. The van der Waals surface area contributed by atoms with Gasteiger partial charge >= 0.3 is 0 Å². The van der Waals surface area contributed by atoms with E-state index >= 15 is 0 Å². The van der Waals surface area contributed by atoms with E-state index < -0.39 is 0 Å². The molecule has 0 aromatic heterocycles. The van der Waals surface area contributed by atoms with Crippen molar-refractivity contribution in [3.63, 3.8) is 0 Å². The Morgan fingerprint density at radius 1 is 1.28 bits per heavy atom. The Morgan fingerprint density at radius 2 is 1.94 bits per heavy atom. The molecule has 0 aliphatic heterocycles. The van der Waals surface area contributed by atoms with Crippen LogP contribution in [0.2, 0.25) is 0 Å². The molecule has 1 unspecified atom stereocenters. The summed E-state index contributed by atoms with van der Waals surface area (Å²) in [4.78, 5) is 0. The number of halogens is 1. The lowest BCUT2D eigenvalue weighted by Crippen LogP contribution is -2.34. The molecular weight excluding hydrogens is 225 g/mol. The highest BCUT2D eigenvalue weighted by molar-refractivity contribution is 5.27. The Balaban J connectivity index is 3.05. The van der Waals surface area contributed by atoms with Crippen molar-refractivity contribution in [2.24, 2.45) is 5.41 Å². The van der Waals surface area contributed by atoms with Crippen molar-refractivity contribution in [3.05, 3.63) is 35.1 Å². The Hall–Kier alpha value is -0.890. The molecule has 0 spiro atoms. The summed E-state index contributed by atoms with van der Waals surface area (Å²) in [6.07, 6.45) is 2.15. The van der Waals surface area contributed by atoms with Gasteiger partial charge in [-0.25, -0.2) is 4.39 Å². The minimum atomic E-state index is -0.109. The van der Waals surface area contributed by atoms with Crippen LogP contribution in [0.15, 0.2) is 18.2 Å². The van der Waals surface area contributed by atoms with Gasteiger partial charge in [0.15, 0.2) is 0 Å². The lowest BCUT2D eigenvalue weighted by Gasteiger charge is -2.35. The topological polar surface area (TPSA) is 12.0 Å². The first-order valence-corrected chi connectivity index (χ1v) is 6.91. The third kappa shape index (κ3) is 3.55. The molecule has 0 saturated carbocycles. The first kappa shape index (κ1) is 15.2. The van der Waals surface area contributed by atoms with Gasteiger partial charge in [0.25, 0.3) is 0 Å². The summed E-state index contributed by atoms with van der Waals surface area (Å²) >= 11 is 0. The molecule has 0 amide bonds. The molecule has 0 aliphatic rings. The van der Waals surface area contributed by atoms with Crippen LogP contribution >= 0.6 is 0 Å². The van der Waals surface area contributed by atoms with E-state index in [0.29, 0.717) is 5.56 Å². The van der Waals surface area contributed by atoms with Crippen LogP contribution in [-0.4, -0.2) is 6.54 Å². The van der Waals surface area contributed by atoms with Gasteiger partial charge in [-0.05, 0) is 48.9 Å². The van der Waals surface area contributed by atoms with Crippen LogP contribution in [-0.2, 0) is 0 Å². The first-order chi connectivity index (χ1) is 8.42.